The van der Waals surface area contributed by atoms with Crippen molar-refractivity contribution in [3.05, 3.63) is 34.6 Å². The summed E-state index contributed by atoms with van der Waals surface area (Å²) in [5, 5.41) is 0.336. The van der Waals surface area contributed by atoms with E-state index in [2.05, 4.69) is 0 Å². The lowest BCUT2D eigenvalue weighted by atomic mass is 10.1. The number of hydrogen-bond acceptors (Lipinski definition) is 3. The molecule has 92 valence electrons. The second kappa shape index (κ2) is 5.85. The Balaban J connectivity index is 2.02. The normalized spacial score (nSPS) is 20.2. The number of thioether (sulfide) groups is 1. The van der Waals surface area contributed by atoms with Gasteiger partial charge >= 0.3 is 0 Å². The quantitative estimate of drug-likeness (QED) is 0.848. The summed E-state index contributed by atoms with van der Waals surface area (Å²) in [7, 11) is 0. The first-order valence-electron chi connectivity index (χ1n) is 5.33. The van der Waals surface area contributed by atoms with Crippen molar-refractivity contribution in [2.75, 3.05) is 18.1 Å². The zero-order valence-corrected chi connectivity index (χ0v) is 10.7. The first kappa shape index (κ1) is 12.9. The fraction of sp³-hybridized carbons (Fsp3) is 0.417. The van der Waals surface area contributed by atoms with E-state index in [1.807, 2.05) is 0 Å². The standard InChI is InChI=1S/C12H12ClFO2S/c13-9-2-1-8(10(14)6-9)5-11(15)12-7-17-4-3-16-12/h1-2,6,12H,3-5,7H2. The van der Waals surface area contributed by atoms with Crippen molar-refractivity contribution in [2.45, 2.75) is 12.5 Å². The van der Waals surface area contributed by atoms with Gasteiger partial charge in [0, 0.05) is 22.9 Å². The Bertz CT molecular complexity index is 419. The summed E-state index contributed by atoms with van der Waals surface area (Å²) < 4.78 is 18.9. The van der Waals surface area contributed by atoms with Gasteiger partial charge in [0.15, 0.2) is 5.78 Å². The minimum absolute atomic E-state index is 0.0637. The summed E-state index contributed by atoms with van der Waals surface area (Å²) in [4.78, 5) is 11.9. The molecule has 0 spiro atoms. The van der Waals surface area contributed by atoms with Crippen LogP contribution < -0.4 is 0 Å². The average molecular weight is 275 g/mol. The van der Waals surface area contributed by atoms with Crippen molar-refractivity contribution in [1.82, 2.24) is 0 Å². The van der Waals surface area contributed by atoms with E-state index < -0.39 is 11.9 Å². The highest BCUT2D eigenvalue weighted by atomic mass is 35.5. The van der Waals surface area contributed by atoms with Crippen LogP contribution in [0.3, 0.4) is 0 Å². The van der Waals surface area contributed by atoms with Crippen LogP contribution in [0.4, 0.5) is 4.39 Å². The Morgan fingerprint density at radius 1 is 1.59 bits per heavy atom. The second-order valence-corrected chi connectivity index (χ2v) is 5.40. The SMILES string of the molecule is O=C(Cc1ccc(Cl)cc1F)C1CSCCO1. The molecule has 1 heterocycles. The fourth-order valence-corrected chi connectivity index (χ4v) is 2.68. The van der Waals surface area contributed by atoms with Gasteiger partial charge in [-0.3, -0.25) is 4.79 Å². The van der Waals surface area contributed by atoms with Crippen molar-refractivity contribution >= 4 is 29.1 Å². The van der Waals surface area contributed by atoms with Crippen molar-refractivity contribution in [3.63, 3.8) is 0 Å². The molecule has 0 aliphatic carbocycles. The Morgan fingerprint density at radius 3 is 3.06 bits per heavy atom. The lowest BCUT2D eigenvalue weighted by molar-refractivity contribution is -0.128. The second-order valence-electron chi connectivity index (χ2n) is 3.81. The Hall–Kier alpha value is -0.580. The van der Waals surface area contributed by atoms with Gasteiger partial charge in [-0.1, -0.05) is 17.7 Å². The highest BCUT2D eigenvalue weighted by Crippen LogP contribution is 2.18. The molecule has 1 aromatic rings. The molecule has 0 saturated carbocycles. The molecule has 0 amide bonds. The molecule has 1 aliphatic heterocycles. The summed E-state index contributed by atoms with van der Waals surface area (Å²) in [6.07, 6.45) is -0.336. The Morgan fingerprint density at radius 2 is 2.41 bits per heavy atom. The molecular formula is C12H12ClFO2S. The first-order chi connectivity index (χ1) is 8.16. The molecule has 1 aromatic carbocycles. The average Bonchev–Trinajstić information content (AvgIpc) is 2.34. The molecule has 2 rings (SSSR count). The molecule has 0 aromatic heterocycles. The van der Waals surface area contributed by atoms with Gasteiger partial charge in [-0.25, -0.2) is 4.39 Å². The molecule has 1 aliphatic rings. The highest BCUT2D eigenvalue weighted by Gasteiger charge is 2.23. The molecule has 0 N–H and O–H groups in total. The number of carbonyl (C=O) groups is 1. The maximum absolute atomic E-state index is 13.5. The van der Waals surface area contributed by atoms with Crippen molar-refractivity contribution in [1.29, 1.82) is 0 Å². The van der Waals surface area contributed by atoms with Gasteiger partial charge in [-0.05, 0) is 17.7 Å². The molecular weight excluding hydrogens is 263 g/mol. The van der Waals surface area contributed by atoms with Crippen molar-refractivity contribution < 1.29 is 13.9 Å². The number of benzene rings is 1. The van der Waals surface area contributed by atoms with Gasteiger partial charge in [-0.2, -0.15) is 11.8 Å². The van der Waals surface area contributed by atoms with Gasteiger partial charge in [0.25, 0.3) is 0 Å². The van der Waals surface area contributed by atoms with E-state index in [4.69, 9.17) is 16.3 Å². The first-order valence-corrected chi connectivity index (χ1v) is 6.86. The predicted octanol–water partition coefficient (Wildman–Crippen LogP) is 2.72. The van der Waals surface area contributed by atoms with Gasteiger partial charge in [-0.15, -0.1) is 0 Å². The molecule has 17 heavy (non-hydrogen) atoms. The zero-order chi connectivity index (χ0) is 12.3. The molecule has 1 saturated heterocycles. The van der Waals surface area contributed by atoms with E-state index in [1.54, 1.807) is 23.9 Å². The van der Waals surface area contributed by atoms with Crippen LogP contribution in [0.2, 0.25) is 5.02 Å². The van der Waals surface area contributed by atoms with E-state index in [-0.39, 0.29) is 12.2 Å². The lowest BCUT2D eigenvalue weighted by Gasteiger charge is -2.21. The third-order valence-corrected chi connectivity index (χ3v) is 3.78. The number of carbonyl (C=O) groups excluding carboxylic acids is 1. The number of hydrogen-bond donors (Lipinski definition) is 0. The van der Waals surface area contributed by atoms with Crippen LogP contribution >= 0.6 is 23.4 Å². The van der Waals surface area contributed by atoms with E-state index in [9.17, 15) is 9.18 Å². The van der Waals surface area contributed by atoms with E-state index in [1.165, 1.54) is 6.07 Å². The van der Waals surface area contributed by atoms with Crippen LogP contribution in [-0.4, -0.2) is 30.0 Å². The monoisotopic (exact) mass is 274 g/mol. The minimum atomic E-state index is -0.436. The summed E-state index contributed by atoms with van der Waals surface area (Å²) in [6, 6.07) is 4.36. The molecule has 5 heteroatoms. The smallest absolute Gasteiger partial charge is 0.166 e. The number of ketones is 1. The molecule has 0 radical (unpaired) electrons. The Kier molecular flexibility index (Phi) is 4.42. The number of ether oxygens (including phenoxy) is 1. The summed E-state index contributed by atoms with van der Waals surface area (Å²) >= 11 is 7.34. The van der Waals surface area contributed by atoms with Gasteiger partial charge in [0.1, 0.15) is 11.9 Å². The molecule has 1 fully saturated rings. The maximum atomic E-state index is 13.5. The molecule has 0 bridgehead atoms. The summed E-state index contributed by atoms with van der Waals surface area (Å²) in [5.41, 5.74) is 0.374. The van der Waals surface area contributed by atoms with Crippen LogP contribution in [0.15, 0.2) is 18.2 Å². The van der Waals surface area contributed by atoms with Crippen LogP contribution in [0.5, 0.6) is 0 Å². The largest absolute Gasteiger partial charge is 0.369 e. The topological polar surface area (TPSA) is 26.3 Å². The van der Waals surface area contributed by atoms with E-state index in [0.717, 1.165) is 5.75 Å². The minimum Gasteiger partial charge on any atom is -0.369 e. The Labute approximate surface area is 108 Å². The predicted molar refractivity (Wildman–Crippen MR) is 67.2 cm³/mol. The summed E-state index contributed by atoms with van der Waals surface area (Å²) in [6.45, 7) is 0.587. The number of rotatable bonds is 3. The number of Topliss-reactive ketones (excluding diaryl/α,β-unsaturated/α-hetero) is 1. The van der Waals surface area contributed by atoms with E-state index >= 15 is 0 Å². The maximum Gasteiger partial charge on any atom is 0.166 e. The van der Waals surface area contributed by atoms with Crippen LogP contribution in [-0.2, 0) is 16.0 Å². The highest BCUT2D eigenvalue weighted by molar-refractivity contribution is 7.99. The lowest BCUT2D eigenvalue weighted by Crippen LogP contribution is -2.32. The summed E-state index contributed by atoms with van der Waals surface area (Å²) in [5.74, 6) is 1.07. The van der Waals surface area contributed by atoms with Gasteiger partial charge in [0.2, 0.25) is 0 Å². The zero-order valence-electron chi connectivity index (χ0n) is 9.12. The molecule has 1 atom stereocenters. The van der Waals surface area contributed by atoms with Gasteiger partial charge < -0.3 is 4.74 Å². The van der Waals surface area contributed by atoms with Crippen LogP contribution in [0, 0.1) is 5.82 Å². The van der Waals surface area contributed by atoms with Crippen LogP contribution in [0.1, 0.15) is 5.56 Å². The fourth-order valence-electron chi connectivity index (χ4n) is 1.64. The van der Waals surface area contributed by atoms with E-state index in [0.29, 0.717) is 22.9 Å². The third-order valence-electron chi connectivity index (χ3n) is 2.55. The number of halogens is 2. The van der Waals surface area contributed by atoms with Crippen LogP contribution in [0.25, 0.3) is 0 Å². The van der Waals surface area contributed by atoms with Crippen molar-refractivity contribution in [2.24, 2.45) is 0 Å². The molecule has 1 unspecified atom stereocenters. The molecule has 2 nitrogen and oxygen atoms in total. The van der Waals surface area contributed by atoms with Gasteiger partial charge in [0.05, 0.1) is 6.61 Å². The third kappa shape index (κ3) is 3.44. The van der Waals surface area contributed by atoms with Crippen molar-refractivity contribution in [3.8, 4) is 0 Å².